The van der Waals surface area contributed by atoms with Crippen LogP contribution in [-0.2, 0) is 4.79 Å². The van der Waals surface area contributed by atoms with Gasteiger partial charge in [0.2, 0.25) is 5.91 Å². The molecule has 0 aliphatic carbocycles. The minimum Gasteiger partial charge on any atom is -0.367 e. The molecule has 0 unspecified atom stereocenters. The van der Waals surface area contributed by atoms with Gasteiger partial charge < -0.3 is 15.1 Å². The van der Waals surface area contributed by atoms with E-state index in [-0.39, 0.29) is 17.2 Å². The molecule has 8 nitrogen and oxygen atoms in total. The second-order valence-electron chi connectivity index (χ2n) is 8.86. The summed E-state index contributed by atoms with van der Waals surface area (Å²) < 4.78 is 0. The SMILES string of the molecule is Cc1c(C(=O)Nc2ccc(N3CCN(C(=O)C(C)(C)C)CC3)c(Cl)c2)cccc1[N+](=O)[O-]. The molecule has 0 aromatic heterocycles. The van der Waals surface area contributed by atoms with Crippen LogP contribution in [0.15, 0.2) is 36.4 Å². The number of piperazine rings is 1. The van der Waals surface area contributed by atoms with Gasteiger partial charge in [-0.2, -0.15) is 0 Å². The predicted octanol–water partition coefficient (Wildman–Crippen LogP) is 4.50. The average Bonchev–Trinajstić information content (AvgIpc) is 2.72. The molecule has 2 aromatic carbocycles. The third-order valence-electron chi connectivity index (χ3n) is 5.50. The zero-order chi connectivity index (χ0) is 23.6. The molecule has 170 valence electrons. The van der Waals surface area contributed by atoms with Gasteiger partial charge in [0.1, 0.15) is 0 Å². The Hall–Kier alpha value is -3.13. The molecule has 3 rings (SSSR count). The molecular formula is C23H27ClN4O4. The fourth-order valence-corrected chi connectivity index (χ4v) is 4.03. The molecule has 9 heteroatoms. The maximum atomic E-state index is 12.7. The van der Waals surface area contributed by atoms with Crippen LogP contribution in [-0.4, -0.2) is 47.8 Å². The second kappa shape index (κ2) is 9.16. The van der Waals surface area contributed by atoms with Crippen molar-refractivity contribution in [1.82, 2.24) is 4.90 Å². The number of nitro benzene ring substituents is 1. The molecule has 1 heterocycles. The highest BCUT2D eigenvalue weighted by molar-refractivity contribution is 6.33. The molecule has 2 aromatic rings. The number of anilines is 2. The molecule has 1 N–H and O–H groups in total. The maximum Gasteiger partial charge on any atom is 0.273 e. The van der Waals surface area contributed by atoms with Gasteiger partial charge in [-0.1, -0.05) is 38.4 Å². The number of nitrogens with zero attached hydrogens (tertiary/aromatic N) is 3. The Morgan fingerprint density at radius 1 is 1.09 bits per heavy atom. The number of nitro groups is 1. The molecule has 0 radical (unpaired) electrons. The standard InChI is InChI=1S/C23H27ClN4O4/c1-15-17(6-5-7-19(15)28(31)32)21(29)25-16-8-9-20(18(24)14-16)26-10-12-27(13-11-26)22(30)23(2,3)4/h5-9,14H,10-13H2,1-4H3,(H,25,29). The van der Waals surface area contributed by atoms with E-state index in [9.17, 15) is 19.7 Å². The number of amides is 2. The lowest BCUT2D eigenvalue weighted by molar-refractivity contribution is -0.385. The summed E-state index contributed by atoms with van der Waals surface area (Å²) >= 11 is 6.50. The average molecular weight is 459 g/mol. The van der Waals surface area contributed by atoms with Crippen LogP contribution in [0.3, 0.4) is 0 Å². The molecule has 0 saturated carbocycles. The third-order valence-corrected chi connectivity index (χ3v) is 5.80. The molecule has 1 aliphatic rings. The number of carbonyl (C=O) groups excluding carboxylic acids is 2. The number of hydrogen-bond acceptors (Lipinski definition) is 5. The summed E-state index contributed by atoms with van der Waals surface area (Å²) in [5.41, 5.74) is 1.36. The van der Waals surface area contributed by atoms with Gasteiger partial charge in [0.15, 0.2) is 0 Å². The first-order valence-electron chi connectivity index (χ1n) is 10.4. The van der Waals surface area contributed by atoms with Crippen LogP contribution in [0.2, 0.25) is 5.02 Å². The van der Waals surface area contributed by atoms with E-state index in [4.69, 9.17) is 11.6 Å². The Kier molecular flexibility index (Phi) is 6.74. The molecule has 32 heavy (non-hydrogen) atoms. The Morgan fingerprint density at radius 3 is 2.31 bits per heavy atom. The zero-order valence-electron chi connectivity index (χ0n) is 18.6. The number of rotatable bonds is 4. The van der Waals surface area contributed by atoms with Crippen LogP contribution in [0.25, 0.3) is 0 Å². The van der Waals surface area contributed by atoms with Gasteiger partial charge in [0, 0.05) is 54.5 Å². The molecule has 0 bridgehead atoms. The van der Waals surface area contributed by atoms with E-state index in [0.717, 1.165) is 5.69 Å². The summed E-state index contributed by atoms with van der Waals surface area (Å²) in [6.45, 7) is 9.88. The van der Waals surface area contributed by atoms with Crippen molar-refractivity contribution >= 4 is 40.5 Å². The number of nitrogens with one attached hydrogen (secondary N) is 1. The van der Waals surface area contributed by atoms with E-state index >= 15 is 0 Å². The Labute approximate surface area is 192 Å². The Bertz CT molecular complexity index is 1060. The van der Waals surface area contributed by atoms with Gasteiger partial charge in [-0.3, -0.25) is 19.7 Å². The van der Waals surface area contributed by atoms with E-state index in [2.05, 4.69) is 10.2 Å². The van der Waals surface area contributed by atoms with Crippen LogP contribution >= 0.6 is 11.6 Å². The summed E-state index contributed by atoms with van der Waals surface area (Å²) in [5, 5.41) is 14.4. The molecule has 2 amide bonds. The van der Waals surface area contributed by atoms with Crippen molar-refractivity contribution in [1.29, 1.82) is 0 Å². The van der Waals surface area contributed by atoms with Gasteiger partial charge in [0.25, 0.3) is 11.6 Å². The largest absolute Gasteiger partial charge is 0.367 e. The van der Waals surface area contributed by atoms with E-state index in [1.807, 2.05) is 31.7 Å². The van der Waals surface area contributed by atoms with Gasteiger partial charge in [-0.25, -0.2) is 0 Å². The highest BCUT2D eigenvalue weighted by Gasteiger charge is 2.30. The van der Waals surface area contributed by atoms with Crippen molar-refractivity contribution in [3.63, 3.8) is 0 Å². The van der Waals surface area contributed by atoms with Crippen LogP contribution in [0, 0.1) is 22.5 Å². The van der Waals surface area contributed by atoms with Gasteiger partial charge in [-0.15, -0.1) is 0 Å². The molecular weight excluding hydrogens is 432 g/mol. The smallest absolute Gasteiger partial charge is 0.273 e. The van der Waals surface area contributed by atoms with E-state index < -0.39 is 16.2 Å². The molecule has 1 fully saturated rings. The number of carbonyl (C=O) groups is 2. The van der Waals surface area contributed by atoms with Crippen LogP contribution < -0.4 is 10.2 Å². The van der Waals surface area contributed by atoms with Gasteiger partial charge in [0.05, 0.1) is 15.6 Å². The molecule has 0 spiro atoms. The van der Waals surface area contributed by atoms with Crippen LogP contribution in [0.1, 0.15) is 36.7 Å². The third kappa shape index (κ3) is 5.02. The number of halogens is 1. The van der Waals surface area contributed by atoms with Gasteiger partial charge >= 0.3 is 0 Å². The summed E-state index contributed by atoms with van der Waals surface area (Å²) in [7, 11) is 0. The number of benzene rings is 2. The summed E-state index contributed by atoms with van der Waals surface area (Å²) in [6.07, 6.45) is 0. The summed E-state index contributed by atoms with van der Waals surface area (Å²) in [5.74, 6) is -0.304. The summed E-state index contributed by atoms with van der Waals surface area (Å²) in [4.78, 5) is 39.8. The highest BCUT2D eigenvalue weighted by atomic mass is 35.5. The maximum absolute atomic E-state index is 12.7. The monoisotopic (exact) mass is 458 g/mol. The number of hydrogen-bond donors (Lipinski definition) is 1. The fraction of sp³-hybridized carbons (Fsp3) is 0.391. The minimum atomic E-state index is -0.507. The lowest BCUT2D eigenvalue weighted by Gasteiger charge is -2.39. The van der Waals surface area contributed by atoms with Crippen molar-refractivity contribution in [3.8, 4) is 0 Å². The predicted molar refractivity (Wildman–Crippen MR) is 125 cm³/mol. The van der Waals surface area contributed by atoms with Crippen molar-refractivity contribution < 1.29 is 14.5 Å². The van der Waals surface area contributed by atoms with Crippen molar-refractivity contribution in [2.75, 3.05) is 36.4 Å². The molecule has 1 saturated heterocycles. The Morgan fingerprint density at radius 2 is 1.75 bits per heavy atom. The normalized spacial score (nSPS) is 14.3. The zero-order valence-corrected chi connectivity index (χ0v) is 19.4. The Balaban J connectivity index is 1.69. The van der Waals surface area contributed by atoms with Crippen LogP contribution in [0.5, 0.6) is 0 Å². The molecule has 1 aliphatic heterocycles. The first-order chi connectivity index (χ1) is 15.0. The van der Waals surface area contributed by atoms with Gasteiger partial charge in [-0.05, 0) is 31.2 Å². The van der Waals surface area contributed by atoms with E-state index in [1.54, 1.807) is 25.1 Å². The lowest BCUT2D eigenvalue weighted by atomic mass is 9.94. The molecule has 0 atom stereocenters. The fourth-order valence-electron chi connectivity index (χ4n) is 3.73. The minimum absolute atomic E-state index is 0.102. The highest BCUT2D eigenvalue weighted by Crippen LogP contribution is 2.31. The second-order valence-corrected chi connectivity index (χ2v) is 9.26. The van der Waals surface area contributed by atoms with Crippen molar-refractivity contribution in [2.24, 2.45) is 5.41 Å². The summed E-state index contributed by atoms with van der Waals surface area (Å²) in [6, 6.07) is 9.64. The first-order valence-corrected chi connectivity index (χ1v) is 10.8. The topological polar surface area (TPSA) is 95.8 Å². The quantitative estimate of drug-likeness (QED) is 0.537. The van der Waals surface area contributed by atoms with Crippen molar-refractivity contribution in [3.05, 3.63) is 62.7 Å². The van der Waals surface area contributed by atoms with E-state index in [0.29, 0.717) is 42.5 Å². The first kappa shape index (κ1) is 23.5. The van der Waals surface area contributed by atoms with Crippen LogP contribution in [0.4, 0.5) is 17.1 Å². The van der Waals surface area contributed by atoms with Crippen molar-refractivity contribution in [2.45, 2.75) is 27.7 Å². The van der Waals surface area contributed by atoms with E-state index in [1.165, 1.54) is 12.1 Å². The lowest BCUT2D eigenvalue weighted by Crippen LogP contribution is -2.51.